The normalized spacial score (nSPS) is 13.9. The van der Waals surface area contributed by atoms with Gasteiger partial charge in [-0.2, -0.15) is 0 Å². The molecule has 0 aromatic heterocycles. The number of hydrogen-bond donors (Lipinski definition) is 1. The van der Waals surface area contributed by atoms with Crippen LogP contribution in [0.2, 0.25) is 0 Å². The Morgan fingerprint density at radius 3 is 2.52 bits per heavy atom. The zero-order valence-corrected chi connectivity index (χ0v) is 18.7. The molecule has 29 heavy (non-hydrogen) atoms. The maximum atomic E-state index is 12.4. The van der Waals surface area contributed by atoms with E-state index in [1.165, 1.54) is 0 Å². The van der Waals surface area contributed by atoms with Gasteiger partial charge in [0.05, 0.1) is 7.11 Å². The molecule has 1 N–H and O–H groups in total. The number of hydrogen-bond acceptors (Lipinski definition) is 3. The van der Waals surface area contributed by atoms with E-state index in [2.05, 4.69) is 37.2 Å². The van der Waals surface area contributed by atoms with Crippen LogP contribution in [-0.4, -0.2) is 13.0 Å². The lowest BCUT2D eigenvalue weighted by atomic mass is 10.0. The number of halogens is 2. The first-order valence-electron chi connectivity index (χ1n) is 8.92. The molecule has 0 fully saturated rings. The van der Waals surface area contributed by atoms with Crippen molar-refractivity contribution < 1.29 is 14.3 Å². The van der Waals surface area contributed by atoms with Crippen LogP contribution in [0.15, 0.2) is 69.6 Å². The third-order valence-corrected chi connectivity index (χ3v) is 5.82. The van der Waals surface area contributed by atoms with Crippen molar-refractivity contribution >= 4 is 55.1 Å². The van der Waals surface area contributed by atoms with Crippen LogP contribution in [0.25, 0.3) is 11.6 Å². The highest BCUT2D eigenvalue weighted by molar-refractivity contribution is 9.10. The second-order valence-corrected chi connectivity index (χ2v) is 8.27. The quantitative estimate of drug-likeness (QED) is 0.407. The van der Waals surface area contributed by atoms with Gasteiger partial charge in [-0.1, -0.05) is 62.2 Å². The van der Waals surface area contributed by atoms with E-state index in [0.717, 1.165) is 31.3 Å². The molecule has 4 rings (SSSR count). The van der Waals surface area contributed by atoms with Crippen LogP contribution in [0, 0.1) is 0 Å². The Morgan fingerprint density at radius 2 is 1.76 bits per heavy atom. The van der Waals surface area contributed by atoms with E-state index in [9.17, 15) is 4.79 Å². The molecule has 1 aliphatic heterocycles. The average Bonchev–Trinajstić information content (AvgIpc) is 3.04. The number of anilines is 1. The van der Waals surface area contributed by atoms with Crippen LogP contribution in [0.3, 0.4) is 0 Å². The molecule has 0 spiro atoms. The molecule has 0 saturated carbocycles. The van der Waals surface area contributed by atoms with Crippen molar-refractivity contribution in [3.8, 4) is 11.5 Å². The Bertz CT molecular complexity index is 1110. The first-order chi connectivity index (χ1) is 14.0. The van der Waals surface area contributed by atoms with Gasteiger partial charge in [0, 0.05) is 25.8 Å². The van der Waals surface area contributed by atoms with Gasteiger partial charge >= 0.3 is 0 Å². The fourth-order valence-corrected chi connectivity index (χ4v) is 3.81. The Morgan fingerprint density at radius 1 is 1.00 bits per heavy atom. The predicted molar refractivity (Wildman–Crippen MR) is 122 cm³/mol. The minimum absolute atomic E-state index is 0.118. The second kappa shape index (κ2) is 8.43. The zero-order valence-electron chi connectivity index (χ0n) is 15.5. The SMILES string of the molecule is COc1cc(/C=C2\C(=O)Nc3ccccc32)c(Br)cc1OCc1ccc(Br)cc1. The van der Waals surface area contributed by atoms with Gasteiger partial charge in [-0.05, 0) is 47.5 Å². The maximum Gasteiger partial charge on any atom is 0.256 e. The van der Waals surface area contributed by atoms with Crippen LogP contribution in [-0.2, 0) is 11.4 Å². The van der Waals surface area contributed by atoms with E-state index < -0.39 is 0 Å². The molecule has 1 aliphatic rings. The van der Waals surface area contributed by atoms with Crippen molar-refractivity contribution in [2.45, 2.75) is 6.61 Å². The summed E-state index contributed by atoms with van der Waals surface area (Å²) in [5, 5.41) is 2.89. The van der Waals surface area contributed by atoms with E-state index in [-0.39, 0.29) is 5.91 Å². The van der Waals surface area contributed by atoms with Gasteiger partial charge in [0.25, 0.3) is 5.91 Å². The molecule has 0 atom stereocenters. The van der Waals surface area contributed by atoms with Crippen molar-refractivity contribution in [3.63, 3.8) is 0 Å². The van der Waals surface area contributed by atoms with Crippen LogP contribution < -0.4 is 14.8 Å². The van der Waals surface area contributed by atoms with Gasteiger partial charge in [-0.25, -0.2) is 0 Å². The third-order valence-electron chi connectivity index (χ3n) is 4.60. The monoisotopic (exact) mass is 513 g/mol. The second-order valence-electron chi connectivity index (χ2n) is 6.50. The third kappa shape index (κ3) is 4.23. The Hall–Kier alpha value is -2.57. The van der Waals surface area contributed by atoms with E-state index >= 15 is 0 Å². The maximum absolute atomic E-state index is 12.4. The lowest BCUT2D eigenvalue weighted by Gasteiger charge is -2.13. The average molecular weight is 515 g/mol. The van der Waals surface area contributed by atoms with Crippen LogP contribution in [0.5, 0.6) is 11.5 Å². The van der Waals surface area contributed by atoms with Gasteiger partial charge < -0.3 is 14.8 Å². The molecule has 146 valence electrons. The van der Waals surface area contributed by atoms with Gasteiger partial charge in [0.15, 0.2) is 11.5 Å². The van der Waals surface area contributed by atoms with Gasteiger partial charge in [0.1, 0.15) is 6.61 Å². The highest BCUT2D eigenvalue weighted by atomic mass is 79.9. The number of ether oxygens (including phenoxy) is 2. The van der Waals surface area contributed by atoms with E-state index in [1.54, 1.807) is 7.11 Å². The molecule has 0 aliphatic carbocycles. The minimum atomic E-state index is -0.118. The molecule has 0 bridgehead atoms. The smallest absolute Gasteiger partial charge is 0.256 e. The first kappa shape index (κ1) is 19.7. The topological polar surface area (TPSA) is 47.6 Å². The van der Waals surface area contributed by atoms with E-state index in [4.69, 9.17) is 9.47 Å². The van der Waals surface area contributed by atoms with E-state index in [0.29, 0.717) is 23.7 Å². The lowest BCUT2D eigenvalue weighted by Crippen LogP contribution is -2.03. The number of amides is 1. The molecule has 0 radical (unpaired) electrons. The van der Waals surface area contributed by atoms with Crippen molar-refractivity contribution in [2.75, 3.05) is 12.4 Å². The molecular weight excluding hydrogens is 498 g/mol. The molecular formula is C23H17Br2NO3. The summed E-state index contributed by atoms with van der Waals surface area (Å²) in [4.78, 5) is 12.4. The first-order valence-corrected chi connectivity index (χ1v) is 10.5. The lowest BCUT2D eigenvalue weighted by molar-refractivity contribution is -0.110. The molecule has 0 saturated heterocycles. The number of nitrogens with one attached hydrogen (secondary N) is 1. The molecule has 1 heterocycles. The largest absolute Gasteiger partial charge is 0.493 e. The predicted octanol–water partition coefficient (Wildman–Crippen LogP) is 6.29. The molecule has 6 heteroatoms. The Labute approximate surface area is 185 Å². The highest BCUT2D eigenvalue weighted by Gasteiger charge is 2.24. The van der Waals surface area contributed by atoms with Crippen LogP contribution in [0.4, 0.5) is 5.69 Å². The minimum Gasteiger partial charge on any atom is -0.493 e. The number of para-hydroxylation sites is 1. The number of carbonyl (C=O) groups is 1. The summed E-state index contributed by atoms with van der Waals surface area (Å²) in [7, 11) is 1.60. The molecule has 4 nitrogen and oxygen atoms in total. The molecule has 3 aromatic carbocycles. The number of rotatable bonds is 5. The molecule has 3 aromatic rings. The fourth-order valence-electron chi connectivity index (χ4n) is 3.11. The van der Waals surface area contributed by atoms with Gasteiger partial charge in [-0.3, -0.25) is 4.79 Å². The summed E-state index contributed by atoms with van der Waals surface area (Å²) in [6, 6.07) is 19.3. The molecule has 0 unspecified atom stereocenters. The van der Waals surface area contributed by atoms with Crippen molar-refractivity contribution in [3.05, 3.63) is 86.3 Å². The van der Waals surface area contributed by atoms with Crippen LogP contribution >= 0.6 is 31.9 Å². The van der Waals surface area contributed by atoms with Crippen molar-refractivity contribution in [1.82, 2.24) is 0 Å². The van der Waals surface area contributed by atoms with Crippen LogP contribution in [0.1, 0.15) is 16.7 Å². The highest BCUT2D eigenvalue weighted by Crippen LogP contribution is 2.38. The summed E-state index contributed by atoms with van der Waals surface area (Å²) >= 11 is 7.03. The van der Waals surface area contributed by atoms with Gasteiger partial charge in [-0.15, -0.1) is 0 Å². The summed E-state index contributed by atoms with van der Waals surface area (Å²) in [5.74, 6) is 1.11. The molecule has 1 amide bonds. The standard InChI is InChI=1S/C23H17Br2NO3/c1-28-21-11-15(10-18-17-4-2-3-5-20(17)26-23(18)27)19(25)12-22(21)29-13-14-6-8-16(24)9-7-14/h2-12H,13H2,1H3,(H,26,27)/b18-10-. The van der Waals surface area contributed by atoms with Gasteiger partial charge in [0.2, 0.25) is 0 Å². The van der Waals surface area contributed by atoms with E-state index in [1.807, 2.05) is 66.7 Å². The fraction of sp³-hybridized carbons (Fsp3) is 0.0870. The number of fused-ring (bicyclic) bond motifs is 1. The number of benzene rings is 3. The Balaban J connectivity index is 1.63. The number of carbonyl (C=O) groups excluding carboxylic acids is 1. The number of methoxy groups -OCH3 is 1. The summed E-state index contributed by atoms with van der Waals surface area (Å²) < 4.78 is 13.3. The van der Waals surface area contributed by atoms with Crippen molar-refractivity contribution in [1.29, 1.82) is 0 Å². The summed E-state index contributed by atoms with van der Waals surface area (Å²) in [6.07, 6.45) is 1.85. The summed E-state index contributed by atoms with van der Waals surface area (Å²) in [5.41, 5.74) is 4.21. The van der Waals surface area contributed by atoms with Crippen molar-refractivity contribution in [2.24, 2.45) is 0 Å². The summed E-state index contributed by atoms with van der Waals surface area (Å²) in [6.45, 7) is 0.423. The zero-order chi connectivity index (χ0) is 20.4. The Kier molecular flexibility index (Phi) is 5.74.